The third-order valence-corrected chi connectivity index (χ3v) is 8.46. The van der Waals surface area contributed by atoms with E-state index in [1.807, 2.05) is 0 Å². The van der Waals surface area contributed by atoms with Crippen LogP contribution in [0.3, 0.4) is 0 Å². The summed E-state index contributed by atoms with van der Waals surface area (Å²) in [5.41, 5.74) is 1.19. The SMILES string of the molecule is C=C(NC(=O)C(=C)n1cnc2c(-c3ccc4c(c3)N(C)C(=O)CO4)cccc2c1=O)C(=O)N1CCS(=O)(=O)CC1. The number of rotatable bonds is 5. The molecule has 0 aliphatic carbocycles. The number of carbonyl (C=O) groups excluding carboxylic acids is 3. The lowest BCUT2D eigenvalue weighted by molar-refractivity contribution is -0.128. The van der Waals surface area contributed by atoms with E-state index in [0.717, 1.165) is 4.57 Å². The van der Waals surface area contributed by atoms with Gasteiger partial charge in [0.15, 0.2) is 16.4 Å². The van der Waals surface area contributed by atoms with E-state index in [0.29, 0.717) is 28.1 Å². The van der Waals surface area contributed by atoms with E-state index >= 15 is 0 Å². The number of benzene rings is 2. The van der Waals surface area contributed by atoms with E-state index < -0.39 is 27.2 Å². The second-order valence-electron chi connectivity index (χ2n) is 9.37. The monoisotopic (exact) mass is 563 g/mol. The van der Waals surface area contributed by atoms with Crippen LogP contribution in [0.5, 0.6) is 5.75 Å². The van der Waals surface area contributed by atoms with Crippen molar-refractivity contribution in [2.75, 3.05) is 43.1 Å². The van der Waals surface area contributed by atoms with Crippen molar-refractivity contribution in [1.29, 1.82) is 0 Å². The van der Waals surface area contributed by atoms with Gasteiger partial charge in [0, 0.05) is 25.7 Å². The highest BCUT2D eigenvalue weighted by molar-refractivity contribution is 7.91. The number of nitrogens with zero attached hydrogens (tertiary/aromatic N) is 4. The molecule has 13 heteroatoms. The molecule has 2 aromatic carbocycles. The van der Waals surface area contributed by atoms with Gasteiger partial charge in [-0.2, -0.15) is 0 Å². The van der Waals surface area contributed by atoms with Gasteiger partial charge in [0.25, 0.3) is 23.3 Å². The molecular formula is C27H25N5O7S. The summed E-state index contributed by atoms with van der Waals surface area (Å²) < 4.78 is 29.7. The topological polar surface area (TPSA) is 148 Å². The Bertz CT molecular complexity index is 1780. The maximum Gasteiger partial charge on any atom is 0.272 e. The molecule has 0 bridgehead atoms. The van der Waals surface area contributed by atoms with Gasteiger partial charge in [-0.3, -0.25) is 23.7 Å². The highest BCUT2D eigenvalue weighted by Crippen LogP contribution is 2.36. The summed E-state index contributed by atoms with van der Waals surface area (Å²) in [6, 6.07) is 10.4. The number of hydrogen-bond acceptors (Lipinski definition) is 8. The molecule has 0 radical (unpaired) electrons. The zero-order chi connectivity index (χ0) is 28.8. The summed E-state index contributed by atoms with van der Waals surface area (Å²) in [7, 11) is -1.54. The first-order valence-corrected chi connectivity index (χ1v) is 14.0. The molecule has 2 aliphatic heterocycles. The van der Waals surface area contributed by atoms with Crippen LogP contribution in [-0.2, 0) is 24.2 Å². The Morgan fingerprint density at radius 1 is 1.07 bits per heavy atom. The van der Waals surface area contributed by atoms with Crippen LogP contribution >= 0.6 is 0 Å². The average molecular weight is 564 g/mol. The third kappa shape index (κ3) is 4.86. The predicted octanol–water partition coefficient (Wildman–Crippen LogP) is 0.776. The van der Waals surface area contributed by atoms with Crippen LogP contribution in [0.4, 0.5) is 5.69 Å². The molecule has 0 spiro atoms. The van der Waals surface area contributed by atoms with Crippen LogP contribution in [0.15, 0.2) is 66.4 Å². The maximum absolute atomic E-state index is 13.4. The first-order chi connectivity index (χ1) is 19.0. The average Bonchev–Trinajstić information content (AvgIpc) is 2.94. The minimum atomic E-state index is -3.19. The van der Waals surface area contributed by atoms with Gasteiger partial charge in [0.2, 0.25) is 0 Å². The highest BCUT2D eigenvalue weighted by atomic mass is 32.2. The van der Waals surface area contributed by atoms with Crippen molar-refractivity contribution in [3.05, 3.63) is 71.9 Å². The van der Waals surface area contributed by atoms with E-state index in [-0.39, 0.29) is 53.9 Å². The summed E-state index contributed by atoms with van der Waals surface area (Å²) in [4.78, 5) is 58.1. The minimum Gasteiger partial charge on any atom is -0.482 e. The molecule has 1 N–H and O–H groups in total. The summed E-state index contributed by atoms with van der Waals surface area (Å²) in [6.45, 7) is 7.24. The number of aromatic nitrogens is 2. The first kappa shape index (κ1) is 26.8. The van der Waals surface area contributed by atoms with Gasteiger partial charge in [-0.15, -0.1) is 0 Å². The van der Waals surface area contributed by atoms with E-state index in [4.69, 9.17) is 4.74 Å². The Balaban J connectivity index is 1.39. The predicted molar refractivity (Wildman–Crippen MR) is 148 cm³/mol. The Kier molecular flexibility index (Phi) is 6.75. The zero-order valence-electron chi connectivity index (χ0n) is 21.5. The number of fused-ring (bicyclic) bond motifs is 2. The number of carbonyl (C=O) groups is 3. The van der Waals surface area contributed by atoms with Crippen molar-refractivity contribution >= 4 is 49.8 Å². The lowest BCUT2D eigenvalue weighted by Crippen LogP contribution is -2.46. The highest BCUT2D eigenvalue weighted by Gasteiger charge is 2.28. The van der Waals surface area contributed by atoms with Crippen molar-refractivity contribution in [2.45, 2.75) is 0 Å². The molecule has 1 aromatic heterocycles. The van der Waals surface area contributed by atoms with E-state index in [1.165, 1.54) is 16.1 Å². The molecule has 1 saturated heterocycles. The number of amides is 3. The van der Waals surface area contributed by atoms with Gasteiger partial charge < -0.3 is 19.9 Å². The molecule has 0 saturated carbocycles. The van der Waals surface area contributed by atoms with Gasteiger partial charge in [-0.1, -0.05) is 31.4 Å². The third-order valence-electron chi connectivity index (χ3n) is 6.85. The van der Waals surface area contributed by atoms with Crippen LogP contribution in [0.1, 0.15) is 0 Å². The van der Waals surface area contributed by atoms with Gasteiger partial charge in [0.1, 0.15) is 17.8 Å². The molecule has 12 nitrogen and oxygen atoms in total. The quantitative estimate of drug-likeness (QED) is 0.448. The fourth-order valence-electron chi connectivity index (χ4n) is 4.50. The van der Waals surface area contributed by atoms with Crippen molar-refractivity contribution in [2.24, 2.45) is 0 Å². The fraction of sp³-hybridized carbons (Fsp3) is 0.222. The Labute approximate surface area is 229 Å². The number of sulfone groups is 1. The van der Waals surface area contributed by atoms with E-state index in [1.54, 1.807) is 43.4 Å². The number of anilines is 1. The molecule has 206 valence electrons. The molecule has 0 atom stereocenters. The summed E-state index contributed by atoms with van der Waals surface area (Å²) in [5, 5.41) is 2.56. The Hall–Kier alpha value is -4.78. The molecule has 3 heterocycles. The van der Waals surface area contributed by atoms with Gasteiger partial charge in [-0.05, 0) is 23.8 Å². The molecule has 2 aliphatic rings. The Morgan fingerprint density at radius 3 is 2.52 bits per heavy atom. The number of ether oxygens (including phenoxy) is 1. The normalized spacial score (nSPS) is 16.2. The Morgan fingerprint density at radius 2 is 1.80 bits per heavy atom. The van der Waals surface area contributed by atoms with Gasteiger partial charge >= 0.3 is 0 Å². The van der Waals surface area contributed by atoms with Crippen molar-refractivity contribution < 1.29 is 27.5 Å². The minimum absolute atomic E-state index is 0.00275. The molecule has 0 unspecified atom stereocenters. The lowest BCUT2D eigenvalue weighted by Gasteiger charge is -2.27. The van der Waals surface area contributed by atoms with Crippen LogP contribution in [-0.4, -0.2) is 78.8 Å². The van der Waals surface area contributed by atoms with Gasteiger partial charge in [-0.25, -0.2) is 13.4 Å². The smallest absolute Gasteiger partial charge is 0.272 e. The van der Waals surface area contributed by atoms with Crippen LogP contribution in [0.2, 0.25) is 0 Å². The molecule has 5 rings (SSSR count). The maximum atomic E-state index is 13.4. The van der Waals surface area contributed by atoms with Crippen molar-refractivity contribution in [3.63, 3.8) is 0 Å². The number of para-hydroxylation sites is 1. The standard InChI is InChI=1S/C27H25N5O7S/c1-16(26(35)31-9-11-40(37,38)12-10-31)29-25(34)17(2)32-15-28-24-19(5-4-6-20(24)27(32)36)18-7-8-22-21(13-18)30(3)23(33)14-39-22/h4-8,13,15H,1-2,9-12,14H2,3H3,(H,29,34). The largest absolute Gasteiger partial charge is 0.482 e. The van der Waals surface area contributed by atoms with Crippen molar-refractivity contribution in [3.8, 4) is 16.9 Å². The number of likely N-dealkylation sites (N-methyl/N-ethyl adjacent to an activating group) is 1. The molecular weight excluding hydrogens is 538 g/mol. The van der Waals surface area contributed by atoms with E-state index in [2.05, 4.69) is 23.5 Å². The molecule has 40 heavy (non-hydrogen) atoms. The lowest BCUT2D eigenvalue weighted by atomic mass is 10.0. The van der Waals surface area contributed by atoms with Crippen molar-refractivity contribution in [1.82, 2.24) is 19.8 Å². The van der Waals surface area contributed by atoms with E-state index in [9.17, 15) is 27.6 Å². The van der Waals surface area contributed by atoms with Crippen LogP contribution in [0.25, 0.3) is 27.7 Å². The molecule has 1 fully saturated rings. The fourth-order valence-corrected chi connectivity index (χ4v) is 5.70. The van der Waals surface area contributed by atoms with Gasteiger partial charge in [0.05, 0.1) is 33.8 Å². The van der Waals surface area contributed by atoms with Crippen LogP contribution in [0, 0.1) is 0 Å². The number of nitrogens with one attached hydrogen (secondary N) is 1. The second-order valence-corrected chi connectivity index (χ2v) is 11.7. The molecule has 3 amide bonds. The first-order valence-electron chi connectivity index (χ1n) is 12.2. The molecule has 3 aromatic rings. The summed E-state index contributed by atoms with van der Waals surface area (Å²) in [5.74, 6) is -1.41. The second kappa shape index (κ2) is 10.1. The summed E-state index contributed by atoms with van der Waals surface area (Å²) in [6.07, 6.45) is 1.17. The summed E-state index contributed by atoms with van der Waals surface area (Å²) >= 11 is 0. The number of hydrogen-bond donors (Lipinski definition) is 1. The van der Waals surface area contributed by atoms with Crippen LogP contribution < -0.4 is 20.5 Å². The zero-order valence-corrected chi connectivity index (χ0v) is 22.4.